The Hall–Kier alpha value is -3.47. The summed E-state index contributed by atoms with van der Waals surface area (Å²) >= 11 is 0. The molecule has 0 aliphatic heterocycles. The smallest absolute Gasteiger partial charge is 0.407 e. The maximum atomic E-state index is 13.4. The van der Waals surface area contributed by atoms with Gasteiger partial charge in [0.25, 0.3) is 10.0 Å². The van der Waals surface area contributed by atoms with E-state index in [2.05, 4.69) is 27.4 Å². The first-order chi connectivity index (χ1) is 17.2. The number of aromatic nitrogens is 5. The molecule has 3 heterocycles. The van der Waals surface area contributed by atoms with Crippen LogP contribution in [0.25, 0.3) is 16.8 Å². The molecule has 11 heteroatoms. The van der Waals surface area contributed by atoms with Crippen LogP contribution in [0.4, 0.5) is 4.79 Å². The van der Waals surface area contributed by atoms with E-state index in [1.54, 1.807) is 36.5 Å². The fourth-order valence-corrected chi connectivity index (χ4v) is 6.43. The van der Waals surface area contributed by atoms with Crippen LogP contribution in [0, 0.1) is 12.8 Å². The fourth-order valence-electron chi connectivity index (χ4n) is 5.14. The lowest BCUT2D eigenvalue weighted by Gasteiger charge is -2.16. The van der Waals surface area contributed by atoms with E-state index in [1.165, 1.54) is 10.2 Å². The zero-order valence-electron chi connectivity index (χ0n) is 20.7. The Morgan fingerprint density at radius 2 is 1.92 bits per heavy atom. The normalized spacial score (nSPS) is 20.4. The molecule has 0 bridgehead atoms. The third-order valence-electron chi connectivity index (χ3n) is 6.86. The number of hydrogen-bond acceptors (Lipinski definition) is 7. The molecule has 4 aromatic rings. The first kappa shape index (κ1) is 24.2. The number of aryl methyl sites for hydroxylation is 1. The first-order valence-electron chi connectivity index (χ1n) is 12.2. The largest absolute Gasteiger partial charge is 0.447 e. The lowest BCUT2D eigenvalue weighted by atomic mass is 9.93. The second-order valence-corrected chi connectivity index (χ2v) is 11.5. The number of benzene rings is 1. The zero-order chi connectivity index (χ0) is 25.6. The summed E-state index contributed by atoms with van der Waals surface area (Å²) < 4.78 is 35.1. The molecule has 3 aromatic heterocycles. The van der Waals surface area contributed by atoms with Crippen molar-refractivity contribution in [2.24, 2.45) is 5.92 Å². The van der Waals surface area contributed by atoms with Crippen LogP contribution >= 0.6 is 0 Å². The molecule has 0 unspecified atom stereocenters. The van der Waals surface area contributed by atoms with Gasteiger partial charge in [-0.2, -0.15) is 0 Å². The van der Waals surface area contributed by atoms with Gasteiger partial charge in [-0.25, -0.2) is 22.2 Å². The molecule has 36 heavy (non-hydrogen) atoms. The second kappa shape index (κ2) is 9.20. The Morgan fingerprint density at radius 3 is 2.61 bits per heavy atom. The predicted molar refractivity (Wildman–Crippen MR) is 134 cm³/mol. The van der Waals surface area contributed by atoms with Gasteiger partial charge in [-0.15, -0.1) is 10.2 Å². The SMILES string of the molecule is CC[C@@H]1C[C@H](NC(=O)OC(C)C)C[C@@H]1c1nnc2cnc3c(ccn3S(=O)(=O)c3ccc(C)cc3)n12. The Bertz CT molecular complexity index is 1520. The monoisotopic (exact) mass is 510 g/mol. The van der Waals surface area contributed by atoms with Crippen LogP contribution in [0.1, 0.15) is 57.3 Å². The lowest BCUT2D eigenvalue weighted by molar-refractivity contribution is 0.112. The molecular weight excluding hydrogens is 480 g/mol. The lowest BCUT2D eigenvalue weighted by Crippen LogP contribution is -2.34. The number of nitrogens with one attached hydrogen (secondary N) is 1. The maximum absolute atomic E-state index is 13.4. The highest BCUT2D eigenvalue weighted by molar-refractivity contribution is 7.90. The van der Waals surface area contributed by atoms with Gasteiger partial charge >= 0.3 is 6.09 Å². The van der Waals surface area contributed by atoms with E-state index in [0.717, 1.165) is 24.2 Å². The van der Waals surface area contributed by atoms with E-state index in [-0.39, 0.29) is 28.9 Å². The van der Waals surface area contributed by atoms with Crippen LogP contribution in [0.15, 0.2) is 47.6 Å². The Kier molecular flexibility index (Phi) is 6.19. The molecule has 0 radical (unpaired) electrons. The minimum Gasteiger partial charge on any atom is -0.447 e. The number of carbonyl (C=O) groups excluding carboxylic acids is 1. The van der Waals surface area contributed by atoms with E-state index in [1.807, 2.05) is 25.2 Å². The molecule has 1 aliphatic rings. The molecule has 1 saturated carbocycles. The van der Waals surface area contributed by atoms with E-state index in [0.29, 0.717) is 23.2 Å². The number of nitrogens with zero attached hydrogens (tertiary/aromatic N) is 5. The van der Waals surface area contributed by atoms with Crippen LogP contribution < -0.4 is 5.32 Å². The maximum Gasteiger partial charge on any atom is 0.407 e. The van der Waals surface area contributed by atoms with Crippen molar-refractivity contribution < 1.29 is 17.9 Å². The van der Waals surface area contributed by atoms with Crippen molar-refractivity contribution in [3.05, 3.63) is 54.1 Å². The third-order valence-corrected chi connectivity index (χ3v) is 8.54. The van der Waals surface area contributed by atoms with Crippen molar-refractivity contribution >= 4 is 32.9 Å². The highest BCUT2D eigenvalue weighted by Gasteiger charge is 2.38. The summed E-state index contributed by atoms with van der Waals surface area (Å²) in [6.07, 6.45) is 4.87. The van der Waals surface area contributed by atoms with Crippen molar-refractivity contribution in [3.63, 3.8) is 0 Å². The molecule has 10 nitrogen and oxygen atoms in total. The standard InChI is InChI=1S/C25H30N6O4S/c1-5-17-12-18(27-25(32)35-15(2)3)13-20(17)23-29-28-22-14-26-24-21(31(22)23)10-11-30(24)36(33,34)19-8-6-16(4)7-9-19/h6-11,14-15,17-18,20H,5,12-13H2,1-4H3,(H,27,32)/t17-,18+,20+/m1/s1. The van der Waals surface area contributed by atoms with Gasteiger partial charge in [-0.05, 0) is 57.7 Å². The summed E-state index contributed by atoms with van der Waals surface area (Å²) in [7, 11) is -3.83. The Morgan fingerprint density at radius 1 is 1.17 bits per heavy atom. The van der Waals surface area contributed by atoms with Crippen LogP contribution in [0.3, 0.4) is 0 Å². The summed E-state index contributed by atoms with van der Waals surface area (Å²) in [6.45, 7) is 7.67. The quantitative estimate of drug-likeness (QED) is 0.416. The second-order valence-electron chi connectivity index (χ2n) is 9.69. The molecule has 190 valence electrons. The number of fused-ring (bicyclic) bond motifs is 3. The molecule has 1 aromatic carbocycles. The van der Waals surface area contributed by atoms with Crippen molar-refractivity contribution in [3.8, 4) is 0 Å². The van der Waals surface area contributed by atoms with Crippen LogP contribution in [-0.2, 0) is 14.8 Å². The average molecular weight is 511 g/mol. The number of ether oxygens (including phenoxy) is 1. The fraction of sp³-hybridized carbons (Fsp3) is 0.440. The number of rotatable bonds is 6. The van der Waals surface area contributed by atoms with Crippen LogP contribution in [0.2, 0.25) is 0 Å². The topological polar surface area (TPSA) is 120 Å². The number of carbonyl (C=O) groups is 1. The van der Waals surface area contributed by atoms with Crippen molar-refractivity contribution in [2.45, 2.75) is 69.9 Å². The number of hydrogen-bond donors (Lipinski definition) is 1. The molecule has 1 amide bonds. The third kappa shape index (κ3) is 4.21. The highest BCUT2D eigenvalue weighted by atomic mass is 32.2. The van der Waals surface area contributed by atoms with Gasteiger partial charge in [0.1, 0.15) is 5.82 Å². The Labute approximate surface area is 209 Å². The molecule has 0 saturated heterocycles. The summed E-state index contributed by atoms with van der Waals surface area (Å²) in [6, 6.07) is 8.44. The Balaban J connectivity index is 1.53. The predicted octanol–water partition coefficient (Wildman–Crippen LogP) is 4.03. The van der Waals surface area contributed by atoms with E-state index >= 15 is 0 Å². The first-order valence-corrected chi connectivity index (χ1v) is 13.6. The van der Waals surface area contributed by atoms with Gasteiger partial charge in [0.2, 0.25) is 0 Å². The van der Waals surface area contributed by atoms with Gasteiger partial charge in [0.05, 0.1) is 22.7 Å². The minimum atomic E-state index is -3.83. The van der Waals surface area contributed by atoms with Crippen molar-refractivity contribution in [2.75, 3.05) is 0 Å². The van der Waals surface area contributed by atoms with Gasteiger partial charge in [0.15, 0.2) is 11.3 Å². The molecular formula is C25H30N6O4S. The molecule has 1 fully saturated rings. The van der Waals surface area contributed by atoms with Crippen molar-refractivity contribution in [1.82, 2.24) is 28.9 Å². The molecule has 5 rings (SSSR count). The molecule has 3 atom stereocenters. The summed E-state index contributed by atoms with van der Waals surface area (Å²) in [5.74, 6) is 1.07. The highest BCUT2D eigenvalue weighted by Crippen LogP contribution is 2.41. The summed E-state index contributed by atoms with van der Waals surface area (Å²) in [5, 5.41) is 11.8. The average Bonchev–Trinajstić information content (AvgIpc) is 3.54. The van der Waals surface area contributed by atoms with Gasteiger partial charge in [0, 0.05) is 18.2 Å². The van der Waals surface area contributed by atoms with Gasteiger partial charge < -0.3 is 10.1 Å². The summed E-state index contributed by atoms with van der Waals surface area (Å²) in [5.41, 5.74) is 2.46. The van der Waals surface area contributed by atoms with Crippen LogP contribution in [0.5, 0.6) is 0 Å². The summed E-state index contributed by atoms with van der Waals surface area (Å²) in [4.78, 5) is 16.8. The zero-order valence-corrected chi connectivity index (χ0v) is 21.6. The van der Waals surface area contributed by atoms with Gasteiger partial charge in [-0.3, -0.25) is 4.40 Å². The van der Waals surface area contributed by atoms with E-state index in [9.17, 15) is 13.2 Å². The minimum absolute atomic E-state index is 0.0389. The van der Waals surface area contributed by atoms with E-state index < -0.39 is 16.1 Å². The number of amides is 1. The van der Waals surface area contributed by atoms with Gasteiger partial charge in [-0.1, -0.05) is 31.0 Å². The van der Waals surface area contributed by atoms with Crippen molar-refractivity contribution in [1.29, 1.82) is 0 Å². The number of alkyl carbamates (subject to hydrolysis) is 1. The molecule has 1 N–H and O–H groups in total. The molecule has 1 aliphatic carbocycles. The van der Waals surface area contributed by atoms with Crippen LogP contribution in [-0.4, -0.2) is 50.2 Å². The van der Waals surface area contributed by atoms with E-state index in [4.69, 9.17) is 4.74 Å². The molecule has 0 spiro atoms.